The minimum atomic E-state index is -0.741. The van der Waals surface area contributed by atoms with Crippen LogP contribution in [0.25, 0.3) is 0 Å². The van der Waals surface area contributed by atoms with Gasteiger partial charge in [0.25, 0.3) is 0 Å². The molecule has 0 amide bonds. The zero-order valence-electron chi connectivity index (χ0n) is 18.4. The first kappa shape index (κ1) is 24.9. The van der Waals surface area contributed by atoms with Gasteiger partial charge in [-0.25, -0.2) is 0 Å². The van der Waals surface area contributed by atoms with Crippen molar-refractivity contribution in [3.05, 3.63) is 83.1 Å². The molecule has 0 heterocycles. The Balaban J connectivity index is 1.92. The van der Waals surface area contributed by atoms with Crippen molar-refractivity contribution in [2.75, 3.05) is 19.8 Å². The Morgan fingerprint density at radius 1 is 1.03 bits per heavy atom. The summed E-state index contributed by atoms with van der Waals surface area (Å²) in [6.07, 6.45) is 1.29. The molecule has 0 saturated carbocycles. The third-order valence-corrected chi connectivity index (χ3v) is 4.83. The second-order valence-electron chi connectivity index (χ2n) is 7.75. The van der Waals surface area contributed by atoms with Gasteiger partial charge in [0.05, 0.1) is 32.0 Å². The Kier molecular flexibility index (Phi) is 11.1. The van der Waals surface area contributed by atoms with Crippen LogP contribution in [-0.2, 0) is 11.3 Å². The summed E-state index contributed by atoms with van der Waals surface area (Å²) in [6, 6.07) is 17.1. The van der Waals surface area contributed by atoms with E-state index in [0.29, 0.717) is 30.8 Å². The highest BCUT2D eigenvalue weighted by molar-refractivity contribution is 5.35. The number of para-hydroxylation sites is 1. The normalized spacial score (nSPS) is 12.8. The molecule has 0 spiro atoms. The van der Waals surface area contributed by atoms with Crippen molar-refractivity contribution in [3.8, 4) is 5.75 Å². The molecule has 0 aliphatic rings. The fraction of sp³-hybridized carbons (Fsp3) is 0.423. The van der Waals surface area contributed by atoms with Crippen LogP contribution in [0.3, 0.4) is 0 Å². The van der Waals surface area contributed by atoms with E-state index in [9.17, 15) is 10.2 Å². The molecule has 0 bridgehead atoms. The third-order valence-electron chi connectivity index (χ3n) is 4.83. The smallest absolute Gasteiger partial charge is 0.125 e. The topological polar surface area (TPSA) is 79.2 Å². The van der Waals surface area contributed by atoms with Crippen LogP contribution >= 0.6 is 0 Å². The molecule has 2 aromatic rings. The molecule has 0 unspecified atom stereocenters. The maximum Gasteiger partial charge on any atom is 0.125 e. The maximum atomic E-state index is 10.6. The first-order chi connectivity index (χ1) is 15.0. The molecule has 5 heteroatoms. The highest BCUT2D eigenvalue weighted by Crippen LogP contribution is 2.27. The monoisotopic (exact) mass is 426 g/mol. The van der Waals surface area contributed by atoms with Gasteiger partial charge in [0, 0.05) is 18.4 Å². The molecule has 0 radical (unpaired) electrons. The van der Waals surface area contributed by atoms with Crippen molar-refractivity contribution in [2.45, 2.75) is 45.5 Å². The van der Waals surface area contributed by atoms with Gasteiger partial charge in [-0.05, 0) is 29.2 Å². The minimum absolute atomic E-state index is 0.0811. The van der Waals surface area contributed by atoms with Gasteiger partial charge in [0.1, 0.15) is 12.4 Å². The SMILES string of the molecule is CC(C)C(=C=CC[C@@H](O)c1ccccc1OCCO)C[C@@H](O)COCc1ccccc1. The van der Waals surface area contributed by atoms with E-state index in [1.165, 1.54) is 0 Å². The molecule has 0 fully saturated rings. The number of ether oxygens (including phenoxy) is 2. The number of rotatable bonds is 13. The lowest BCUT2D eigenvalue weighted by Crippen LogP contribution is -2.17. The van der Waals surface area contributed by atoms with E-state index < -0.39 is 12.2 Å². The lowest BCUT2D eigenvalue weighted by atomic mass is 9.97. The van der Waals surface area contributed by atoms with E-state index in [-0.39, 0.29) is 25.7 Å². The fourth-order valence-electron chi connectivity index (χ4n) is 3.13. The molecule has 0 aliphatic heterocycles. The van der Waals surface area contributed by atoms with E-state index in [1.807, 2.05) is 48.5 Å². The molecular weight excluding hydrogens is 392 g/mol. The average molecular weight is 427 g/mol. The first-order valence-corrected chi connectivity index (χ1v) is 10.8. The van der Waals surface area contributed by atoms with Crippen molar-refractivity contribution < 1.29 is 24.8 Å². The molecule has 2 aromatic carbocycles. The lowest BCUT2D eigenvalue weighted by Gasteiger charge is -2.16. The minimum Gasteiger partial charge on any atom is -0.491 e. The van der Waals surface area contributed by atoms with Crippen LogP contribution in [0.2, 0.25) is 0 Å². The van der Waals surface area contributed by atoms with E-state index in [0.717, 1.165) is 11.1 Å². The Labute approximate surface area is 185 Å². The summed E-state index contributed by atoms with van der Waals surface area (Å²) in [7, 11) is 0. The molecular formula is C26H34O5. The van der Waals surface area contributed by atoms with Gasteiger partial charge in [0.15, 0.2) is 0 Å². The molecule has 0 saturated heterocycles. The van der Waals surface area contributed by atoms with E-state index in [2.05, 4.69) is 19.6 Å². The summed E-state index contributed by atoms with van der Waals surface area (Å²) in [5.74, 6) is 0.786. The van der Waals surface area contributed by atoms with Crippen LogP contribution in [0.5, 0.6) is 5.75 Å². The van der Waals surface area contributed by atoms with E-state index >= 15 is 0 Å². The van der Waals surface area contributed by atoms with Crippen LogP contribution in [0.1, 0.15) is 43.9 Å². The molecule has 0 aliphatic carbocycles. The highest BCUT2D eigenvalue weighted by Gasteiger charge is 2.13. The van der Waals surface area contributed by atoms with Crippen LogP contribution < -0.4 is 4.74 Å². The predicted octanol–water partition coefficient (Wildman–Crippen LogP) is 4.19. The molecule has 2 rings (SSSR count). The van der Waals surface area contributed by atoms with Gasteiger partial charge in [0.2, 0.25) is 0 Å². The summed E-state index contributed by atoms with van der Waals surface area (Å²) >= 11 is 0. The maximum absolute atomic E-state index is 10.6. The Morgan fingerprint density at radius 2 is 1.74 bits per heavy atom. The van der Waals surface area contributed by atoms with Crippen molar-refractivity contribution in [1.82, 2.24) is 0 Å². The van der Waals surface area contributed by atoms with Gasteiger partial charge in [-0.1, -0.05) is 62.4 Å². The lowest BCUT2D eigenvalue weighted by molar-refractivity contribution is 0.0280. The van der Waals surface area contributed by atoms with Crippen LogP contribution in [0.4, 0.5) is 0 Å². The fourth-order valence-corrected chi connectivity index (χ4v) is 3.13. The number of benzene rings is 2. The molecule has 31 heavy (non-hydrogen) atoms. The largest absolute Gasteiger partial charge is 0.491 e. The Morgan fingerprint density at radius 3 is 2.45 bits per heavy atom. The van der Waals surface area contributed by atoms with Crippen molar-refractivity contribution in [3.63, 3.8) is 0 Å². The van der Waals surface area contributed by atoms with Crippen molar-refractivity contribution >= 4 is 0 Å². The number of hydrogen-bond donors (Lipinski definition) is 3. The van der Waals surface area contributed by atoms with Gasteiger partial charge in [-0.3, -0.25) is 0 Å². The molecule has 0 aromatic heterocycles. The van der Waals surface area contributed by atoms with Gasteiger partial charge < -0.3 is 24.8 Å². The second kappa shape index (κ2) is 13.8. The number of hydrogen-bond acceptors (Lipinski definition) is 5. The van der Waals surface area contributed by atoms with E-state index in [1.54, 1.807) is 12.1 Å². The molecule has 168 valence electrons. The van der Waals surface area contributed by atoms with Crippen molar-refractivity contribution in [2.24, 2.45) is 5.92 Å². The summed E-state index contributed by atoms with van der Waals surface area (Å²) in [4.78, 5) is 0. The van der Waals surface area contributed by atoms with Crippen molar-refractivity contribution in [1.29, 1.82) is 0 Å². The zero-order valence-corrected chi connectivity index (χ0v) is 18.4. The van der Waals surface area contributed by atoms with E-state index in [4.69, 9.17) is 14.6 Å². The Hall–Kier alpha value is -2.40. The predicted molar refractivity (Wildman–Crippen MR) is 122 cm³/mol. The number of aliphatic hydroxyl groups excluding tert-OH is 3. The number of aliphatic hydroxyl groups is 3. The summed E-state index contributed by atoms with van der Waals surface area (Å²) in [5, 5.41) is 29.9. The van der Waals surface area contributed by atoms with Crippen LogP contribution in [0, 0.1) is 5.92 Å². The van der Waals surface area contributed by atoms with Crippen LogP contribution in [-0.4, -0.2) is 41.2 Å². The van der Waals surface area contributed by atoms with Gasteiger partial charge in [-0.2, -0.15) is 0 Å². The zero-order chi connectivity index (χ0) is 22.5. The summed E-state index contributed by atoms with van der Waals surface area (Å²) < 4.78 is 11.1. The van der Waals surface area contributed by atoms with Crippen LogP contribution in [0.15, 0.2) is 72.0 Å². The summed E-state index contributed by atoms with van der Waals surface area (Å²) in [5.41, 5.74) is 5.99. The highest BCUT2D eigenvalue weighted by atomic mass is 16.5. The standard InChI is InChI=1S/C26H34O5/c1-20(2)22(17-23(28)19-30-18-21-9-4-3-5-10-21)11-8-13-25(29)24-12-6-7-14-26(24)31-16-15-27/h3-10,12,14,20,23,25,27-29H,13,15-19H2,1-2H3/t11?,23-,25-/m1/s1. The molecule has 2 atom stereocenters. The molecule has 3 N–H and O–H groups in total. The van der Waals surface area contributed by atoms with Gasteiger partial charge in [-0.15, -0.1) is 5.73 Å². The first-order valence-electron chi connectivity index (χ1n) is 10.8. The third kappa shape index (κ3) is 9.09. The average Bonchev–Trinajstić information content (AvgIpc) is 2.77. The Bertz CT molecular complexity index is 825. The second-order valence-corrected chi connectivity index (χ2v) is 7.75. The molecule has 5 nitrogen and oxygen atoms in total. The quantitative estimate of drug-likeness (QED) is 0.419. The van der Waals surface area contributed by atoms with Gasteiger partial charge >= 0.3 is 0 Å². The summed E-state index contributed by atoms with van der Waals surface area (Å²) in [6.45, 7) is 4.94.